The smallest absolute Gasteiger partial charge is 0.332 e. The number of aromatic amines is 1. The molecule has 1 atom stereocenters. The summed E-state index contributed by atoms with van der Waals surface area (Å²) in [6.45, 7) is 9.71. The number of H-pyrrole nitrogens is 1. The van der Waals surface area contributed by atoms with Gasteiger partial charge in [0, 0.05) is 81.0 Å². The molecule has 2 saturated heterocycles. The number of nitrogens with zero attached hydrogens (tertiary/aromatic N) is 6. The van der Waals surface area contributed by atoms with E-state index in [-0.39, 0.29) is 35.0 Å². The normalized spacial score (nSPS) is 21.9. The Hall–Kier alpha value is -5.58. The molecule has 0 bridgehead atoms. The minimum atomic E-state index is -3.26. The number of amides is 2. The van der Waals surface area contributed by atoms with Gasteiger partial charge < -0.3 is 19.9 Å². The first-order chi connectivity index (χ1) is 33.7. The van der Waals surface area contributed by atoms with Crippen LogP contribution in [0.15, 0.2) is 75.3 Å². The summed E-state index contributed by atoms with van der Waals surface area (Å²) in [4.78, 5) is 70.6. The van der Waals surface area contributed by atoms with Gasteiger partial charge in [-0.1, -0.05) is 23.7 Å². The predicted molar refractivity (Wildman–Crippen MR) is 270 cm³/mol. The van der Waals surface area contributed by atoms with Gasteiger partial charge in [0.25, 0.3) is 11.5 Å². The lowest BCUT2D eigenvalue weighted by atomic mass is 9.65. The van der Waals surface area contributed by atoms with Gasteiger partial charge in [0.1, 0.15) is 17.4 Å². The standard InChI is InChI=1S/C53H63ClN8O7S/c1-33(39-5-4-6-47-40(39)16-28-70(47,67)68)55-49-42-30-41(46(69-3)31-44(42)56-34(2)57-49)36-7-9-37(10-8-36)50(64)61-26-24-59(25-27-61)32-35-13-17-53(18-14-35)19-22-60(23-20-53)51(65)38-11-12-43(54)45(29-38)62-21-15-48(63)58-52(62)66/h4-6,11-12,15,21,29-31,33,35-37H,7-10,13-14,16-20,22-28,32H2,1-3H3,(H,55,56,57)(H,58,63,66)/t33-,36?,37?/m1/s1. The first-order valence-corrected chi connectivity index (χ1v) is 27.1. The van der Waals surface area contributed by atoms with Crippen LogP contribution in [0.3, 0.4) is 0 Å². The highest BCUT2D eigenvalue weighted by Gasteiger charge is 2.40. The number of benzene rings is 3. The Balaban J connectivity index is 0.692. The molecule has 5 aliphatic rings. The summed E-state index contributed by atoms with van der Waals surface area (Å²) < 4.78 is 32.6. The Kier molecular flexibility index (Phi) is 13.4. The maximum absolute atomic E-state index is 14.0. The lowest BCUT2D eigenvalue weighted by molar-refractivity contribution is -0.138. The summed E-state index contributed by atoms with van der Waals surface area (Å²) in [7, 11) is -1.56. The molecule has 2 aromatic heterocycles. The first kappa shape index (κ1) is 48.1. The number of halogens is 1. The fourth-order valence-electron chi connectivity index (χ4n) is 12.3. The number of methoxy groups -OCH3 is 1. The number of ether oxygens (including phenoxy) is 1. The minimum absolute atomic E-state index is 0.0166. The molecule has 370 valence electrons. The molecule has 1 spiro atoms. The number of aromatic nitrogens is 4. The van der Waals surface area contributed by atoms with Crippen LogP contribution in [0.4, 0.5) is 5.82 Å². The molecule has 2 N–H and O–H groups in total. The molecule has 3 aliphatic heterocycles. The number of anilines is 1. The Bertz CT molecular complexity index is 3050. The number of nitrogens with one attached hydrogen (secondary N) is 2. The van der Waals surface area contributed by atoms with Crippen molar-refractivity contribution in [2.24, 2.45) is 17.3 Å². The molecule has 70 heavy (non-hydrogen) atoms. The fourth-order valence-corrected chi connectivity index (χ4v) is 14.1. The van der Waals surface area contributed by atoms with Crippen molar-refractivity contribution in [3.63, 3.8) is 0 Å². The van der Waals surface area contributed by atoms with E-state index in [9.17, 15) is 27.6 Å². The highest BCUT2D eigenvalue weighted by Crippen LogP contribution is 2.47. The summed E-state index contributed by atoms with van der Waals surface area (Å²) in [5.74, 6) is 3.36. The summed E-state index contributed by atoms with van der Waals surface area (Å²) in [5.41, 5.74) is 3.69. The zero-order valence-corrected chi connectivity index (χ0v) is 41.9. The van der Waals surface area contributed by atoms with E-state index >= 15 is 0 Å². The van der Waals surface area contributed by atoms with Crippen molar-refractivity contribution in [2.45, 2.75) is 101 Å². The van der Waals surface area contributed by atoms with E-state index in [1.807, 2.05) is 36.9 Å². The lowest BCUT2D eigenvalue weighted by Crippen LogP contribution is -2.52. The number of piperidine rings is 1. The van der Waals surface area contributed by atoms with Crippen LogP contribution >= 0.6 is 11.6 Å². The molecule has 10 rings (SSSR count). The number of piperazine rings is 1. The number of carbonyl (C=O) groups excluding carboxylic acids is 2. The molecule has 4 fully saturated rings. The van der Waals surface area contributed by atoms with E-state index in [2.05, 4.69) is 26.2 Å². The Morgan fingerprint density at radius 3 is 2.36 bits per heavy atom. The Morgan fingerprint density at radius 1 is 0.900 bits per heavy atom. The third kappa shape index (κ3) is 9.62. The van der Waals surface area contributed by atoms with E-state index in [0.717, 1.165) is 105 Å². The minimum Gasteiger partial charge on any atom is -0.496 e. The van der Waals surface area contributed by atoms with Crippen LogP contribution < -0.4 is 21.3 Å². The van der Waals surface area contributed by atoms with Gasteiger partial charge >= 0.3 is 5.69 Å². The number of sulfone groups is 1. The number of likely N-dealkylation sites (tertiary alicyclic amines) is 1. The summed E-state index contributed by atoms with van der Waals surface area (Å²) >= 11 is 6.42. The van der Waals surface area contributed by atoms with Gasteiger partial charge in [-0.3, -0.25) is 28.8 Å². The van der Waals surface area contributed by atoms with Crippen molar-refractivity contribution in [3.8, 4) is 11.4 Å². The van der Waals surface area contributed by atoms with Gasteiger partial charge in [0.2, 0.25) is 5.91 Å². The molecule has 0 radical (unpaired) electrons. The number of hydrogen-bond acceptors (Lipinski definition) is 11. The van der Waals surface area contributed by atoms with Crippen LogP contribution in [0.25, 0.3) is 16.6 Å². The fraction of sp³-hybridized carbons (Fsp3) is 0.509. The van der Waals surface area contributed by atoms with Gasteiger partial charge in [-0.05, 0) is 149 Å². The van der Waals surface area contributed by atoms with Gasteiger partial charge in [0.15, 0.2) is 9.84 Å². The molecule has 5 heterocycles. The highest BCUT2D eigenvalue weighted by atomic mass is 35.5. The SMILES string of the molecule is COc1cc2nc(C)nc(N[C@H](C)c3cccc4c3CCS4(=O)=O)c2cc1C1CCC(C(=O)N2CCN(CC3CCC4(CC3)CCN(C(=O)c3ccc(Cl)c(-n5ccc(=O)[nH]c5=O)c3)CC4)CC2)CC1. The molecule has 2 amide bonds. The first-order valence-electron chi connectivity index (χ1n) is 25.1. The van der Waals surface area contributed by atoms with Crippen molar-refractivity contribution in [1.82, 2.24) is 34.2 Å². The van der Waals surface area contributed by atoms with Crippen molar-refractivity contribution >= 4 is 50.0 Å². The van der Waals surface area contributed by atoms with Crippen molar-refractivity contribution in [1.29, 1.82) is 0 Å². The highest BCUT2D eigenvalue weighted by molar-refractivity contribution is 7.91. The van der Waals surface area contributed by atoms with Gasteiger partial charge in [-0.25, -0.2) is 23.2 Å². The molecule has 15 nitrogen and oxygen atoms in total. The number of rotatable bonds is 10. The predicted octanol–water partition coefficient (Wildman–Crippen LogP) is 7.47. The topological polar surface area (TPSA) is 180 Å². The molecule has 0 unspecified atom stereocenters. The van der Waals surface area contributed by atoms with Crippen LogP contribution in [-0.4, -0.2) is 113 Å². The zero-order chi connectivity index (χ0) is 48.9. The maximum Gasteiger partial charge on any atom is 0.332 e. The molecular weight excluding hydrogens is 928 g/mol. The Morgan fingerprint density at radius 2 is 1.64 bits per heavy atom. The summed E-state index contributed by atoms with van der Waals surface area (Å²) in [6.07, 6.45) is 12.0. The monoisotopic (exact) mass is 990 g/mol. The number of fused-ring (bicyclic) bond motifs is 2. The molecular formula is C53H63ClN8O7S. The maximum atomic E-state index is 14.0. The lowest BCUT2D eigenvalue weighted by Gasteiger charge is -2.47. The van der Waals surface area contributed by atoms with Gasteiger partial charge in [-0.15, -0.1) is 0 Å². The second kappa shape index (κ2) is 19.6. The van der Waals surface area contributed by atoms with Crippen LogP contribution in [0, 0.1) is 24.2 Å². The summed E-state index contributed by atoms with van der Waals surface area (Å²) in [5, 5.41) is 4.82. The molecule has 3 aromatic carbocycles. The van der Waals surface area contributed by atoms with E-state index in [4.69, 9.17) is 26.3 Å². The average molecular weight is 992 g/mol. The zero-order valence-electron chi connectivity index (χ0n) is 40.3. The van der Waals surface area contributed by atoms with E-state index < -0.39 is 21.1 Å². The quantitative estimate of drug-likeness (QED) is 0.142. The van der Waals surface area contributed by atoms with Crippen LogP contribution in [0.5, 0.6) is 5.75 Å². The van der Waals surface area contributed by atoms with Crippen LogP contribution in [0.2, 0.25) is 5.02 Å². The van der Waals surface area contributed by atoms with Gasteiger partial charge in [0.05, 0.1) is 40.0 Å². The van der Waals surface area contributed by atoms with Crippen molar-refractivity contribution < 1.29 is 22.7 Å². The van der Waals surface area contributed by atoms with Crippen LogP contribution in [0.1, 0.15) is 116 Å². The molecule has 17 heteroatoms. The van der Waals surface area contributed by atoms with Crippen molar-refractivity contribution in [3.05, 3.63) is 115 Å². The van der Waals surface area contributed by atoms with Crippen molar-refractivity contribution in [2.75, 3.05) is 64.0 Å². The third-order valence-electron chi connectivity index (χ3n) is 16.4. The number of aryl methyl sites for hydroxylation is 1. The molecule has 2 aliphatic carbocycles. The van der Waals surface area contributed by atoms with Gasteiger partial charge in [-0.2, -0.15) is 0 Å². The Labute approximate surface area is 413 Å². The second-order valence-electron chi connectivity index (χ2n) is 20.5. The third-order valence-corrected chi connectivity index (χ3v) is 18.5. The van der Waals surface area contributed by atoms with E-state index in [1.54, 1.807) is 31.4 Å². The number of hydrogen-bond donors (Lipinski definition) is 2. The van der Waals surface area contributed by atoms with Crippen LogP contribution in [-0.2, 0) is 21.1 Å². The molecule has 5 aromatic rings. The largest absolute Gasteiger partial charge is 0.496 e. The summed E-state index contributed by atoms with van der Waals surface area (Å²) in [6, 6.07) is 15.7. The van der Waals surface area contributed by atoms with E-state index in [0.29, 0.717) is 64.1 Å². The number of carbonyl (C=O) groups is 2. The second-order valence-corrected chi connectivity index (χ2v) is 23.0. The molecule has 2 saturated carbocycles. The average Bonchev–Trinajstić information content (AvgIpc) is 3.68. The van der Waals surface area contributed by atoms with E-state index in [1.165, 1.54) is 42.5 Å².